The summed E-state index contributed by atoms with van der Waals surface area (Å²) < 4.78 is 77.2. The van der Waals surface area contributed by atoms with Crippen LogP contribution in [0.3, 0.4) is 0 Å². The number of rotatable bonds is 2. The summed E-state index contributed by atoms with van der Waals surface area (Å²) in [6, 6.07) is -0.162. The van der Waals surface area contributed by atoms with E-state index in [1.807, 2.05) is 0 Å². The molecule has 0 aromatic heterocycles. The lowest BCUT2D eigenvalue weighted by Crippen LogP contribution is -2.47. The summed E-state index contributed by atoms with van der Waals surface area (Å²) in [6.45, 7) is 0. The highest BCUT2D eigenvalue weighted by molar-refractivity contribution is 4.81. The third-order valence-corrected chi connectivity index (χ3v) is 2.64. The number of hydrogen-bond acceptors (Lipinski definition) is 2. The zero-order valence-electron chi connectivity index (χ0n) is 8.81. The van der Waals surface area contributed by atoms with Crippen LogP contribution < -0.4 is 5.73 Å². The van der Waals surface area contributed by atoms with Crippen LogP contribution in [-0.4, -0.2) is 30.6 Å². The smallest absolute Gasteiger partial charge is 0.358 e. The lowest BCUT2D eigenvalue weighted by molar-refractivity contribution is -0.332. The van der Waals surface area contributed by atoms with Crippen molar-refractivity contribution in [2.24, 2.45) is 5.73 Å². The average molecular weight is 265 g/mol. The van der Waals surface area contributed by atoms with Gasteiger partial charge in [0.05, 0.1) is 6.10 Å². The Morgan fingerprint density at radius 2 is 1.29 bits per heavy atom. The number of nitrogens with two attached hydrogens (primary N) is 1. The van der Waals surface area contributed by atoms with Gasteiger partial charge in [-0.05, 0) is 25.7 Å². The topological polar surface area (TPSA) is 35.2 Å². The molecule has 2 N–H and O–H groups in total. The Morgan fingerprint density at radius 3 is 1.65 bits per heavy atom. The van der Waals surface area contributed by atoms with Crippen LogP contribution in [0.1, 0.15) is 25.7 Å². The van der Waals surface area contributed by atoms with Crippen LogP contribution in [0.25, 0.3) is 0 Å². The standard InChI is InChI=1S/C9H13F6NO/c10-8(11,12)7(9(13,14)15)17-6-3-1-5(16)2-4-6/h5-7H,1-4,16H2. The first-order valence-corrected chi connectivity index (χ1v) is 5.15. The van der Waals surface area contributed by atoms with E-state index >= 15 is 0 Å². The van der Waals surface area contributed by atoms with E-state index in [-0.39, 0.29) is 18.9 Å². The molecule has 0 atom stereocenters. The van der Waals surface area contributed by atoms with Crippen LogP contribution in [0.2, 0.25) is 0 Å². The van der Waals surface area contributed by atoms with Crippen LogP contribution in [0.5, 0.6) is 0 Å². The molecule has 1 aliphatic rings. The molecule has 0 aromatic carbocycles. The number of hydrogen-bond donors (Lipinski definition) is 1. The molecule has 102 valence electrons. The third-order valence-electron chi connectivity index (χ3n) is 2.64. The van der Waals surface area contributed by atoms with Crippen molar-refractivity contribution in [3.05, 3.63) is 0 Å². The Hall–Kier alpha value is -0.500. The molecular formula is C9H13F6NO. The van der Waals surface area contributed by atoms with Gasteiger partial charge in [-0.1, -0.05) is 0 Å². The van der Waals surface area contributed by atoms with E-state index in [1.54, 1.807) is 0 Å². The summed E-state index contributed by atoms with van der Waals surface area (Å²) >= 11 is 0. The van der Waals surface area contributed by atoms with Gasteiger partial charge in [-0.15, -0.1) is 0 Å². The molecule has 17 heavy (non-hydrogen) atoms. The summed E-state index contributed by atoms with van der Waals surface area (Å²) in [7, 11) is 0. The number of alkyl halides is 6. The third kappa shape index (κ3) is 4.34. The fourth-order valence-electron chi connectivity index (χ4n) is 1.76. The van der Waals surface area contributed by atoms with Gasteiger partial charge in [0.15, 0.2) is 0 Å². The second-order valence-corrected chi connectivity index (χ2v) is 4.14. The highest BCUT2D eigenvalue weighted by Gasteiger charge is 2.58. The first-order chi connectivity index (χ1) is 7.60. The fraction of sp³-hybridized carbons (Fsp3) is 1.00. The van der Waals surface area contributed by atoms with Crippen molar-refractivity contribution >= 4 is 0 Å². The minimum Gasteiger partial charge on any atom is -0.358 e. The van der Waals surface area contributed by atoms with Crippen molar-refractivity contribution in [3.8, 4) is 0 Å². The van der Waals surface area contributed by atoms with Crippen molar-refractivity contribution in [2.75, 3.05) is 0 Å². The second-order valence-electron chi connectivity index (χ2n) is 4.14. The first-order valence-electron chi connectivity index (χ1n) is 5.15. The molecule has 0 amide bonds. The quantitative estimate of drug-likeness (QED) is 0.779. The molecular weight excluding hydrogens is 252 g/mol. The minimum atomic E-state index is -5.43. The molecule has 8 heteroatoms. The van der Waals surface area contributed by atoms with Gasteiger partial charge in [0, 0.05) is 6.04 Å². The Labute approximate surface area is 94.1 Å². The molecule has 0 unspecified atom stereocenters. The molecule has 0 spiro atoms. The number of ether oxygens (including phenoxy) is 1. The van der Waals surface area contributed by atoms with E-state index in [0.717, 1.165) is 0 Å². The lowest BCUT2D eigenvalue weighted by atomic mass is 9.93. The molecule has 0 saturated heterocycles. The van der Waals surface area contributed by atoms with Crippen LogP contribution in [-0.2, 0) is 4.74 Å². The molecule has 0 aliphatic heterocycles. The minimum absolute atomic E-state index is 0.129. The SMILES string of the molecule is NC1CCC(OC(C(F)(F)F)C(F)(F)F)CC1. The van der Waals surface area contributed by atoms with Gasteiger partial charge in [0.1, 0.15) is 0 Å². The predicted molar refractivity (Wildman–Crippen MR) is 47.2 cm³/mol. The van der Waals surface area contributed by atoms with E-state index in [9.17, 15) is 26.3 Å². The molecule has 1 aliphatic carbocycles. The largest absolute Gasteiger partial charge is 0.423 e. The monoisotopic (exact) mass is 265 g/mol. The fourth-order valence-corrected chi connectivity index (χ4v) is 1.76. The van der Waals surface area contributed by atoms with Crippen molar-refractivity contribution in [1.29, 1.82) is 0 Å². The second kappa shape index (κ2) is 5.01. The molecule has 0 heterocycles. The molecule has 0 aromatic rings. The van der Waals surface area contributed by atoms with Crippen molar-refractivity contribution in [3.63, 3.8) is 0 Å². The van der Waals surface area contributed by atoms with E-state index in [2.05, 4.69) is 4.74 Å². The Bertz CT molecular complexity index is 229. The maximum atomic E-state index is 12.2. The van der Waals surface area contributed by atoms with Crippen LogP contribution >= 0.6 is 0 Å². The first kappa shape index (κ1) is 14.6. The van der Waals surface area contributed by atoms with Crippen molar-refractivity contribution in [1.82, 2.24) is 0 Å². The Balaban J connectivity index is 2.62. The average Bonchev–Trinajstić information content (AvgIpc) is 2.13. The van der Waals surface area contributed by atoms with Crippen molar-refractivity contribution in [2.45, 2.75) is 56.3 Å². The van der Waals surface area contributed by atoms with Crippen LogP contribution in [0.15, 0.2) is 0 Å². The maximum Gasteiger partial charge on any atom is 0.423 e. The van der Waals surface area contributed by atoms with Gasteiger partial charge in [-0.3, -0.25) is 0 Å². The summed E-state index contributed by atoms with van der Waals surface area (Å²) in [4.78, 5) is 0. The summed E-state index contributed by atoms with van der Waals surface area (Å²) in [5.41, 5.74) is 5.50. The highest BCUT2D eigenvalue weighted by Crippen LogP contribution is 2.37. The predicted octanol–water partition coefficient (Wildman–Crippen LogP) is 2.77. The van der Waals surface area contributed by atoms with E-state index < -0.39 is 24.6 Å². The molecule has 1 saturated carbocycles. The summed E-state index contributed by atoms with van der Waals surface area (Å²) in [5.74, 6) is 0. The van der Waals surface area contributed by atoms with E-state index in [1.165, 1.54) is 0 Å². The molecule has 1 fully saturated rings. The van der Waals surface area contributed by atoms with Gasteiger partial charge in [0.2, 0.25) is 6.10 Å². The van der Waals surface area contributed by atoms with Crippen LogP contribution in [0.4, 0.5) is 26.3 Å². The zero-order chi connectivity index (χ0) is 13.3. The van der Waals surface area contributed by atoms with E-state index in [0.29, 0.717) is 12.8 Å². The zero-order valence-corrected chi connectivity index (χ0v) is 8.81. The molecule has 0 radical (unpaired) electrons. The highest BCUT2D eigenvalue weighted by atomic mass is 19.4. The normalized spacial score (nSPS) is 27.5. The van der Waals surface area contributed by atoms with Gasteiger partial charge in [-0.2, -0.15) is 26.3 Å². The summed E-state index contributed by atoms with van der Waals surface area (Å²) in [5, 5.41) is 0. The van der Waals surface area contributed by atoms with Crippen LogP contribution in [0, 0.1) is 0 Å². The summed E-state index contributed by atoms with van der Waals surface area (Å²) in [6.07, 6.45) is -14.6. The van der Waals surface area contributed by atoms with Crippen molar-refractivity contribution < 1.29 is 31.1 Å². The molecule has 2 nitrogen and oxygen atoms in total. The maximum absolute atomic E-state index is 12.2. The van der Waals surface area contributed by atoms with Gasteiger partial charge < -0.3 is 10.5 Å². The van der Waals surface area contributed by atoms with Gasteiger partial charge in [-0.25, -0.2) is 0 Å². The van der Waals surface area contributed by atoms with E-state index in [4.69, 9.17) is 5.73 Å². The lowest BCUT2D eigenvalue weighted by Gasteiger charge is -2.31. The Morgan fingerprint density at radius 1 is 0.882 bits per heavy atom. The van der Waals surface area contributed by atoms with Gasteiger partial charge in [0.25, 0.3) is 0 Å². The molecule has 1 rings (SSSR count). The molecule has 0 bridgehead atoms. The number of halogens is 6. The Kier molecular flexibility index (Phi) is 4.29. The van der Waals surface area contributed by atoms with Gasteiger partial charge >= 0.3 is 12.4 Å².